The van der Waals surface area contributed by atoms with Gasteiger partial charge in [0.25, 0.3) is 11.8 Å². The van der Waals surface area contributed by atoms with Crippen LogP contribution in [-0.2, 0) is 14.3 Å². The molecular weight excluding hydrogens is 383 g/mol. The first-order chi connectivity index (χ1) is 13.5. The summed E-state index contributed by atoms with van der Waals surface area (Å²) in [7, 11) is 0. The lowest BCUT2D eigenvalue weighted by Gasteiger charge is -2.35. The first-order valence-electron chi connectivity index (χ1n) is 9.40. The molecule has 2 heterocycles. The summed E-state index contributed by atoms with van der Waals surface area (Å²) in [6.45, 7) is 4.84. The third-order valence-corrected chi connectivity index (χ3v) is 5.81. The van der Waals surface area contributed by atoms with E-state index in [2.05, 4.69) is 0 Å². The molecule has 0 atom stereocenters. The second-order valence-electron chi connectivity index (χ2n) is 6.54. The number of nitrogens with zero attached hydrogens (tertiary/aromatic N) is 2. The first kappa shape index (κ1) is 20.4. The topological polar surface area (TPSA) is 66.9 Å². The summed E-state index contributed by atoms with van der Waals surface area (Å²) in [5, 5.41) is 0. The van der Waals surface area contributed by atoms with Gasteiger partial charge >= 0.3 is 6.09 Å². The first-order valence-corrected chi connectivity index (χ1v) is 10.4. The van der Waals surface area contributed by atoms with E-state index in [0.29, 0.717) is 54.3 Å². The van der Waals surface area contributed by atoms with Crippen LogP contribution in [0.15, 0.2) is 29.2 Å². The van der Waals surface area contributed by atoms with Crippen molar-refractivity contribution in [2.24, 2.45) is 0 Å². The van der Waals surface area contributed by atoms with Crippen molar-refractivity contribution in [3.05, 3.63) is 40.6 Å². The fourth-order valence-corrected chi connectivity index (χ4v) is 4.39. The van der Waals surface area contributed by atoms with Gasteiger partial charge in [-0.25, -0.2) is 9.18 Å². The van der Waals surface area contributed by atoms with Crippen LogP contribution in [0.2, 0.25) is 0 Å². The number of carbonyl (C=O) groups is 3. The molecule has 1 fully saturated rings. The maximum absolute atomic E-state index is 13.3. The third kappa shape index (κ3) is 3.92. The quantitative estimate of drug-likeness (QED) is 0.702. The third-order valence-electron chi connectivity index (χ3n) is 4.85. The van der Waals surface area contributed by atoms with Gasteiger partial charge in [-0.1, -0.05) is 19.1 Å². The van der Waals surface area contributed by atoms with Gasteiger partial charge in [0.2, 0.25) is 0 Å². The number of halogens is 1. The molecule has 6 nitrogen and oxygen atoms in total. The van der Waals surface area contributed by atoms with Crippen LogP contribution in [0.4, 0.5) is 9.18 Å². The van der Waals surface area contributed by atoms with Crippen LogP contribution in [0.5, 0.6) is 0 Å². The van der Waals surface area contributed by atoms with Crippen molar-refractivity contribution in [1.82, 2.24) is 9.80 Å². The zero-order chi connectivity index (χ0) is 20.3. The minimum atomic E-state index is -0.394. The molecule has 0 aromatic heterocycles. The summed E-state index contributed by atoms with van der Waals surface area (Å²) >= 11 is 1.33. The monoisotopic (exact) mass is 406 g/mol. The molecule has 0 N–H and O–H groups in total. The summed E-state index contributed by atoms with van der Waals surface area (Å²) < 4.78 is 18.3. The highest BCUT2D eigenvalue weighted by atomic mass is 32.2. The molecule has 0 radical (unpaired) electrons. The number of thioether (sulfide) groups is 1. The smallest absolute Gasteiger partial charge is 0.409 e. The molecule has 1 saturated heterocycles. The van der Waals surface area contributed by atoms with Gasteiger partial charge in [0.05, 0.1) is 17.1 Å². The number of ether oxygens (including phenoxy) is 1. The van der Waals surface area contributed by atoms with E-state index in [1.165, 1.54) is 40.9 Å². The molecule has 2 aliphatic heterocycles. The Kier molecular flexibility index (Phi) is 6.39. The van der Waals surface area contributed by atoms with Gasteiger partial charge in [0, 0.05) is 19.1 Å². The van der Waals surface area contributed by atoms with E-state index in [9.17, 15) is 18.8 Å². The fourth-order valence-electron chi connectivity index (χ4n) is 3.53. The molecule has 3 rings (SSSR count). The Hall–Kier alpha value is -2.35. The normalized spacial score (nSPS) is 18.2. The van der Waals surface area contributed by atoms with Gasteiger partial charge in [-0.2, -0.15) is 0 Å². The summed E-state index contributed by atoms with van der Waals surface area (Å²) in [5.41, 5.74) is 0.881. The molecule has 0 aliphatic carbocycles. The predicted octanol–water partition coefficient (Wildman–Crippen LogP) is 3.28. The average molecular weight is 406 g/mol. The second-order valence-corrected chi connectivity index (χ2v) is 7.82. The molecule has 1 aromatic rings. The van der Waals surface area contributed by atoms with Gasteiger partial charge in [-0.05, 0) is 43.2 Å². The number of benzene rings is 1. The lowest BCUT2D eigenvalue weighted by atomic mass is 10.0. The van der Waals surface area contributed by atoms with Crippen LogP contribution in [0.3, 0.4) is 0 Å². The molecule has 8 heteroatoms. The zero-order valence-corrected chi connectivity index (χ0v) is 16.8. The number of piperidine rings is 1. The van der Waals surface area contributed by atoms with Gasteiger partial charge in [0.15, 0.2) is 0 Å². The van der Waals surface area contributed by atoms with Crippen LogP contribution in [-0.4, -0.2) is 59.2 Å². The Morgan fingerprint density at radius 3 is 2.36 bits per heavy atom. The van der Waals surface area contributed by atoms with Crippen molar-refractivity contribution in [2.45, 2.75) is 32.7 Å². The SMILES string of the molecule is CCOC(=O)N1CCC(N2C(=O)C(SCC)=C(c3ccc(F)cc3)C2=O)CC1. The molecule has 28 heavy (non-hydrogen) atoms. The molecule has 1 aromatic carbocycles. The summed E-state index contributed by atoms with van der Waals surface area (Å²) in [4.78, 5) is 41.4. The maximum Gasteiger partial charge on any atom is 0.409 e. The number of amides is 3. The highest BCUT2D eigenvalue weighted by molar-refractivity contribution is 8.04. The van der Waals surface area contributed by atoms with Gasteiger partial charge in [-0.15, -0.1) is 11.8 Å². The molecule has 0 bridgehead atoms. The molecule has 150 valence electrons. The van der Waals surface area contributed by atoms with Crippen molar-refractivity contribution >= 4 is 35.2 Å². The van der Waals surface area contributed by atoms with Crippen molar-refractivity contribution in [1.29, 1.82) is 0 Å². The van der Waals surface area contributed by atoms with Crippen molar-refractivity contribution < 1.29 is 23.5 Å². The van der Waals surface area contributed by atoms with Gasteiger partial charge < -0.3 is 9.64 Å². The Morgan fingerprint density at radius 2 is 1.79 bits per heavy atom. The Bertz CT molecular complexity index is 801. The van der Waals surface area contributed by atoms with Crippen LogP contribution in [0.25, 0.3) is 5.57 Å². The Morgan fingerprint density at radius 1 is 1.14 bits per heavy atom. The standard InChI is InChI=1S/C20H23FN2O4S/c1-3-27-20(26)22-11-9-15(10-12-22)23-18(24)16(17(19(23)25)28-4-2)13-5-7-14(21)8-6-13/h5-8,15H,3-4,9-12H2,1-2H3. The van der Waals surface area contributed by atoms with E-state index in [4.69, 9.17) is 4.74 Å². The second kappa shape index (κ2) is 8.77. The lowest BCUT2D eigenvalue weighted by Crippen LogP contribution is -2.49. The van der Waals surface area contributed by atoms with Crippen LogP contribution in [0, 0.1) is 5.82 Å². The zero-order valence-electron chi connectivity index (χ0n) is 15.9. The number of likely N-dealkylation sites (tertiary alicyclic amines) is 1. The predicted molar refractivity (Wildman–Crippen MR) is 105 cm³/mol. The van der Waals surface area contributed by atoms with Crippen molar-refractivity contribution in [3.63, 3.8) is 0 Å². The summed E-state index contributed by atoms with van der Waals surface area (Å²) in [5.74, 6) is -0.393. The minimum absolute atomic E-state index is 0.268. The van der Waals surface area contributed by atoms with E-state index in [1.54, 1.807) is 11.8 Å². The molecule has 0 spiro atoms. The van der Waals surface area contributed by atoms with Crippen molar-refractivity contribution in [2.75, 3.05) is 25.4 Å². The molecule has 0 saturated carbocycles. The molecular formula is C20H23FN2O4S. The minimum Gasteiger partial charge on any atom is -0.450 e. The largest absolute Gasteiger partial charge is 0.450 e. The summed E-state index contributed by atoms with van der Waals surface area (Å²) in [6, 6.07) is 5.36. The highest BCUT2D eigenvalue weighted by Gasteiger charge is 2.43. The highest BCUT2D eigenvalue weighted by Crippen LogP contribution is 2.38. The molecule has 3 amide bonds. The van der Waals surface area contributed by atoms with Crippen molar-refractivity contribution in [3.8, 4) is 0 Å². The molecule has 0 unspecified atom stereocenters. The van der Waals surface area contributed by atoms with Crippen LogP contribution >= 0.6 is 11.8 Å². The number of imide groups is 1. The number of hydrogen-bond donors (Lipinski definition) is 0. The average Bonchev–Trinajstić information content (AvgIpc) is 2.93. The number of hydrogen-bond acceptors (Lipinski definition) is 5. The lowest BCUT2D eigenvalue weighted by molar-refractivity contribution is -0.140. The van der Waals surface area contributed by atoms with E-state index in [-0.39, 0.29) is 23.9 Å². The van der Waals surface area contributed by atoms with Crippen LogP contribution in [0.1, 0.15) is 32.3 Å². The van der Waals surface area contributed by atoms with E-state index < -0.39 is 5.82 Å². The van der Waals surface area contributed by atoms with E-state index in [0.717, 1.165) is 0 Å². The van der Waals surface area contributed by atoms with Crippen LogP contribution < -0.4 is 0 Å². The van der Waals surface area contributed by atoms with E-state index >= 15 is 0 Å². The number of rotatable bonds is 5. The fraction of sp³-hybridized carbons (Fsp3) is 0.450. The summed E-state index contributed by atoms with van der Waals surface area (Å²) in [6.07, 6.45) is 0.654. The van der Waals surface area contributed by atoms with Gasteiger partial charge in [-0.3, -0.25) is 14.5 Å². The Labute approximate surface area is 167 Å². The number of carbonyl (C=O) groups excluding carboxylic acids is 3. The molecule has 2 aliphatic rings. The van der Waals surface area contributed by atoms with E-state index in [1.807, 2.05) is 6.92 Å². The van der Waals surface area contributed by atoms with Gasteiger partial charge in [0.1, 0.15) is 5.82 Å². The Balaban J connectivity index is 1.80. The maximum atomic E-state index is 13.3.